The van der Waals surface area contributed by atoms with Gasteiger partial charge in [-0.15, -0.1) is 10.2 Å². The molecule has 2 bridgehead atoms. The molecule has 5 rings (SSSR count). The van der Waals surface area contributed by atoms with E-state index in [0.717, 1.165) is 17.9 Å². The van der Waals surface area contributed by atoms with Crippen molar-refractivity contribution >= 4 is 11.6 Å². The van der Waals surface area contributed by atoms with Crippen LogP contribution in [0.15, 0.2) is 30.5 Å². The van der Waals surface area contributed by atoms with E-state index in [-0.39, 0.29) is 0 Å². The first kappa shape index (κ1) is 14.8. The Bertz CT molecular complexity index is 671. The Morgan fingerprint density at radius 3 is 2.74 bits per heavy atom. The van der Waals surface area contributed by atoms with Crippen molar-refractivity contribution in [2.24, 2.45) is 5.92 Å². The van der Waals surface area contributed by atoms with E-state index in [1.54, 1.807) is 18.3 Å². The number of fused-ring (bicyclic) bond motifs is 3. The molecule has 0 aliphatic carbocycles. The van der Waals surface area contributed by atoms with Crippen LogP contribution in [0.2, 0.25) is 5.15 Å². The fourth-order valence-corrected chi connectivity index (χ4v) is 3.78. The number of hydrogen-bond donors (Lipinski definition) is 0. The van der Waals surface area contributed by atoms with Crippen LogP contribution in [0.1, 0.15) is 24.8 Å². The number of nitrogens with zero attached hydrogens (tertiary/aromatic N) is 4. The third kappa shape index (κ3) is 3.31. The predicted octanol–water partition coefficient (Wildman–Crippen LogP) is 3.34. The Kier molecular flexibility index (Phi) is 4.14. The summed E-state index contributed by atoms with van der Waals surface area (Å²) in [5.74, 6) is 1.93. The molecule has 0 aromatic carbocycles. The number of hydrogen-bond acceptors (Lipinski definition) is 5. The Balaban J connectivity index is 1.51. The van der Waals surface area contributed by atoms with Gasteiger partial charge >= 0.3 is 0 Å². The van der Waals surface area contributed by atoms with Gasteiger partial charge in [-0.25, -0.2) is 4.98 Å². The van der Waals surface area contributed by atoms with Crippen molar-refractivity contribution in [3.63, 3.8) is 0 Å². The number of pyridine rings is 1. The minimum atomic E-state index is 0.352. The molecule has 3 fully saturated rings. The maximum absolute atomic E-state index is 5.82. The third-order valence-corrected chi connectivity index (χ3v) is 5.09. The summed E-state index contributed by atoms with van der Waals surface area (Å²) in [5, 5.41) is 8.10. The maximum Gasteiger partial charge on any atom is 0.240 e. The van der Waals surface area contributed by atoms with Gasteiger partial charge in [-0.2, -0.15) is 0 Å². The van der Waals surface area contributed by atoms with Gasteiger partial charge in [0.05, 0.1) is 0 Å². The molecule has 0 N–H and O–H groups in total. The second-order valence-electron chi connectivity index (χ2n) is 6.34. The second kappa shape index (κ2) is 6.42. The summed E-state index contributed by atoms with van der Waals surface area (Å²) in [5.41, 5.74) is 1.13. The molecular formula is C17H19ClN4O. The van der Waals surface area contributed by atoms with Crippen LogP contribution in [0.4, 0.5) is 0 Å². The number of aromatic nitrogens is 3. The van der Waals surface area contributed by atoms with Crippen molar-refractivity contribution in [2.45, 2.75) is 31.7 Å². The zero-order chi connectivity index (χ0) is 15.6. The minimum Gasteiger partial charge on any atom is -0.419 e. The third-order valence-electron chi connectivity index (χ3n) is 4.89. The fraction of sp³-hybridized carbons (Fsp3) is 0.471. The lowest BCUT2D eigenvalue weighted by molar-refractivity contribution is 0.0495. The lowest BCUT2D eigenvalue weighted by Crippen LogP contribution is -2.49. The number of ether oxygens (including phenoxy) is 1. The van der Waals surface area contributed by atoms with E-state index in [9.17, 15) is 0 Å². The molecule has 0 saturated carbocycles. The maximum atomic E-state index is 5.82. The summed E-state index contributed by atoms with van der Waals surface area (Å²) in [6, 6.07) is 8.03. The highest BCUT2D eigenvalue weighted by atomic mass is 35.5. The van der Waals surface area contributed by atoms with Crippen LogP contribution in [-0.4, -0.2) is 39.2 Å². The molecule has 2 aromatic heterocycles. The van der Waals surface area contributed by atoms with E-state index < -0.39 is 0 Å². The summed E-state index contributed by atoms with van der Waals surface area (Å²) in [7, 11) is 0. The zero-order valence-electron chi connectivity index (χ0n) is 12.9. The molecule has 5 nitrogen and oxygen atoms in total. The molecule has 3 aliphatic heterocycles. The summed E-state index contributed by atoms with van der Waals surface area (Å²) in [4.78, 5) is 6.99. The lowest BCUT2D eigenvalue weighted by atomic mass is 9.81. The molecule has 1 unspecified atom stereocenters. The van der Waals surface area contributed by atoms with Crippen LogP contribution in [0.5, 0.6) is 11.8 Å². The average Bonchev–Trinajstić information content (AvgIpc) is 2.60. The SMILES string of the molecule is Clc1ccc(Oc2ncccc2CC2CC3CCN2CC3)nn1. The second-order valence-corrected chi connectivity index (χ2v) is 6.72. The molecule has 1 atom stereocenters. The molecule has 3 aliphatic rings. The van der Waals surface area contributed by atoms with Crippen LogP contribution in [0.3, 0.4) is 0 Å². The van der Waals surface area contributed by atoms with E-state index in [1.807, 2.05) is 6.07 Å². The van der Waals surface area contributed by atoms with Gasteiger partial charge in [0.25, 0.3) is 0 Å². The van der Waals surface area contributed by atoms with Crippen molar-refractivity contribution in [3.05, 3.63) is 41.2 Å². The van der Waals surface area contributed by atoms with E-state index >= 15 is 0 Å². The first-order valence-corrected chi connectivity index (χ1v) is 8.51. The van der Waals surface area contributed by atoms with Gasteiger partial charge in [0.2, 0.25) is 11.8 Å². The highest BCUT2D eigenvalue weighted by Crippen LogP contribution is 2.34. The standard InChI is InChI=1S/C17H19ClN4O/c18-15-3-4-16(21-20-15)23-17-13(2-1-7-19-17)11-14-10-12-5-8-22(14)9-6-12/h1-4,7,12,14H,5-6,8-11H2. The normalized spacial score (nSPS) is 26.2. The Morgan fingerprint density at radius 1 is 1.17 bits per heavy atom. The van der Waals surface area contributed by atoms with E-state index in [1.165, 1.54) is 32.4 Å². The van der Waals surface area contributed by atoms with Crippen LogP contribution in [-0.2, 0) is 6.42 Å². The Morgan fingerprint density at radius 2 is 2.04 bits per heavy atom. The Hall–Kier alpha value is -1.72. The smallest absolute Gasteiger partial charge is 0.240 e. The van der Waals surface area contributed by atoms with Crippen molar-refractivity contribution in [1.82, 2.24) is 20.1 Å². The highest BCUT2D eigenvalue weighted by molar-refractivity contribution is 6.29. The quantitative estimate of drug-likeness (QED) is 0.860. The van der Waals surface area contributed by atoms with Gasteiger partial charge in [-0.3, -0.25) is 0 Å². The van der Waals surface area contributed by atoms with E-state index in [2.05, 4.69) is 26.1 Å². The van der Waals surface area contributed by atoms with Crippen molar-refractivity contribution in [2.75, 3.05) is 13.1 Å². The average molecular weight is 331 g/mol. The molecule has 3 saturated heterocycles. The monoisotopic (exact) mass is 330 g/mol. The van der Waals surface area contributed by atoms with Crippen LogP contribution < -0.4 is 4.74 Å². The first-order chi connectivity index (χ1) is 11.3. The van der Waals surface area contributed by atoms with E-state index in [4.69, 9.17) is 16.3 Å². The topological polar surface area (TPSA) is 51.1 Å². The summed E-state index contributed by atoms with van der Waals surface area (Å²) in [6.45, 7) is 2.46. The summed E-state index contributed by atoms with van der Waals surface area (Å²) in [6.07, 6.45) is 6.71. The van der Waals surface area contributed by atoms with Gasteiger partial charge in [0, 0.05) is 23.9 Å². The molecule has 120 valence electrons. The summed E-state index contributed by atoms with van der Waals surface area (Å²) < 4.78 is 5.82. The van der Waals surface area contributed by atoms with Crippen LogP contribution >= 0.6 is 11.6 Å². The molecule has 6 heteroatoms. The molecule has 0 amide bonds. The predicted molar refractivity (Wildman–Crippen MR) is 87.8 cm³/mol. The van der Waals surface area contributed by atoms with Crippen LogP contribution in [0, 0.1) is 5.92 Å². The molecule has 5 heterocycles. The molecule has 0 spiro atoms. The number of halogens is 1. The van der Waals surface area contributed by atoms with Crippen LogP contribution in [0.25, 0.3) is 0 Å². The van der Waals surface area contributed by atoms with Crippen molar-refractivity contribution in [1.29, 1.82) is 0 Å². The first-order valence-electron chi connectivity index (χ1n) is 8.13. The molecule has 2 aromatic rings. The number of rotatable bonds is 4. The largest absolute Gasteiger partial charge is 0.419 e. The minimum absolute atomic E-state index is 0.352. The van der Waals surface area contributed by atoms with Gasteiger partial charge in [0.15, 0.2) is 5.15 Å². The van der Waals surface area contributed by atoms with Crippen molar-refractivity contribution in [3.8, 4) is 11.8 Å². The molecular weight excluding hydrogens is 312 g/mol. The zero-order valence-corrected chi connectivity index (χ0v) is 13.6. The van der Waals surface area contributed by atoms with Crippen molar-refractivity contribution < 1.29 is 4.74 Å². The van der Waals surface area contributed by atoms with Gasteiger partial charge in [-0.05, 0) is 56.8 Å². The molecule has 23 heavy (non-hydrogen) atoms. The lowest BCUT2D eigenvalue weighted by Gasteiger charge is -2.45. The van der Waals surface area contributed by atoms with Gasteiger partial charge < -0.3 is 9.64 Å². The number of piperidine rings is 3. The van der Waals surface area contributed by atoms with E-state index in [0.29, 0.717) is 23.0 Å². The van der Waals surface area contributed by atoms with Gasteiger partial charge in [-0.1, -0.05) is 17.7 Å². The fourth-order valence-electron chi connectivity index (χ4n) is 3.68. The Labute approximate surface area is 140 Å². The van der Waals surface area contributed by atoms with Gasteiger partial charge in [0.1, 0.15) is 0 Å². The highest BCUT2D eigenvalue weighted by Gasteiger charge is 2.33. The molecule has 0 radical (unpaired) electrons. The summed E-state index contributed by atoms with van der Waals surface area (Å²) >= 11 is 5.76.